The third kappa shape index (κ3) is 6.10. The molecule has 0 saturated heterocycles. The average Bonchev–Trinajstić information content (AvgIpc) is 2.74. The van der Waals surface area contributed by atoms with Crippen LogP contribution in [0.3, 0.4) is 0 Å². The number of rotatable bonds is 4. The summed E-state index contributed by atoms with van der Waals surface area (Å²) in [7, 11) is 0. The first kappa shape index (κ1) is 24.2. The van der Waals surface area contributed by atoms with Gasteiger partial charge in [-0.1, -0.05) is 71.9 Å². The normalized spacial score (nSPS) is 11.7. The van der Waals surface area contributed by atoms with E-state index in [1.54, 1.807) is 24.3 Å². The number of nitrogens with one attached hydrogen (secondary N) is 1. The van der Waals surface area contributed by atoms with Crippen LogP contribution in [-0.4, -0.2) is 11.9 Å². The molecule has 0 aliphatic heterocycles. The van der Waals surface area contributed by atoms with Gasteiger partial charge < -0.3 is 10.1 Å². The second-order valence-electron chi connectivity index (χ2n) is 10.5. The molecule has 0 bridgehead atoms. The van der Waals surface area contributed by atoms with Crippen LogP contribution in [0.2, 0.25) is 0 Å². The Morgan fingerprint density at radius 1 is 0.697 bits per heavy atom. The lowest BCUT2D eigenvalue weighted by atomic mass is 9.86. The minimum absolute atomic E-state index is 0.00191. The molecule has 3 aromatic carbocycles. The Balaban J connectivity index is 1.79. The van der Waals surface area contributed by atoms with Crippen molar-refractivity contribution in [3.05, 3.63) is 94.5 Å². The van der Waals surface area contributed by atoms with Crippen LogP contribution in [0, 0.1) is 6.92 Å². The van der Waals surface area contributed by atoms with Crippen molar-refractivity contribution >= 4 is 17.6 Å². The van der Waals surface area contributed by atoms with Crippen molar-refractivity contribution in [3.8, 4) is 5.75 Å². The van der Waals surface area contributed by atoms with Gasteiger partial charge in [0.05, 0.1) is 11.3 Å². The Labute approximate surface area is 197 Å². The maximum Gasteiger partial charge on any atom is 0.343 e. The van der Waals surface area contributed by atoms with Crippen molar-refractivity contribution in [2.75, 3.05) is 5.32 Å². The Kier molecular flexibility index (Phi) is 6.78. The first-order valence-electron chi connectivity index (χ1n) is 11.2. The van der Waals surface area contributed by atoms with Crippen LogP contribution in [0.5, 0.6) is 5.75 Å². The van der Waals surface area contributed by atoms with E-state index in [-0.39, 0.29) is 16.7 Å². The number of benzene rings is 3. The van der Waals surface area contributed by atoms with E-state index < -0.39 is 5.97 Å². The quantitative estimate of drug-likeness (QED) is 0.347. The fraction of sp³-hybridized carbons (Fsp3) is 0.310. The standard InChI is InChI=1S/C29H33NO3/c1-19-8-17-25(33-27(32)21-11-15-23(16-12-21)29(5,6)7)24(18-19)30-26(31)20-9-13-22(14-10-20)28(2,3)4/h8-18H,1-7H3,(H,30,31). The fourth-order valence-corrected chi connectivity index (χ4v) is 3.41. The van der Waals surface area contributed by atoms with Crippen molar-refractivity contribution in [2.24, 2.45) is 0 Å². The van der Waals surface area contributed by atoms with Crippen LogP contribution in [0.4, 0.5) is 5.69 Å². The van der Waals surface area contributed by atoms with Gasteiger partial charge in [-0.15, -0.1) is 0 Å². The zero-order chi connectivity index (χ0) is 24.4. The monoisotopic (exact) mass is 443 g/mol. The number of anilines is 1. The number of hydrogen-bond donors (Lipinski definition) is 1. The number of aryl methyl sites for hydroxylation is 1. The van der Waals surface area contributed by atoms with Crippen molar-refractivity contribution in [1.29, 1.82) is 0 Å². The molecule has 0 aliphatic carbocycles. The van der Waals surface area contributed by atoms with Gasteiger partial charge in [0, 0.05) is 5.56 Å². The fourth-order valence-electron chi connectivity index (χ4n) is 3.41. The molecule has 0 fully saturated rings. The molecule has 1 N–H and O–H groups in total. The van der Waals surface area contributed by atoms with Crippen LogP contribution in [0.15, 0.2) is 66.7 Å². The van der Waals surface area contributed by atoms with E-state index in [9.17, 15) is 9.59 Å². The van der Waals surface area contributed by atoms with E-state index in [1.807, 2.05) is 49.4 Å². The summed E-state index contributed by atoms with van der Waals surface area (Å²) in [6.45, 7) is 14.7. The molecule has 0 aliphatic rings. The predicted octanol–water partition coefficient (Wildman–Crippen LogP) is 7.06. The molecule has 0 unspecified atom stereocenters. The minimum atomic E-state index is -0.468. The molecule has 0 spiro atoms. The Bertz CT molecular complexity index is 1150. The summed E-state index contributed by atoms with van der Waals surface area (Å²) in [4.78, 5) is 25.6. The lowest BCUT2D eigenvalue weighted by molar-refractivity contribution is 0.0734. The molecular formula is C29H33NO3. The predicted molar refractivity (Wildman–Crippen MR) is 134 cm³/mol. The first-order chi connectivity index (χ1) is 15.3. The van der Waals surface area contributed by atoms with E-state index in [0.29, 0.717) is 22.6 Å². The summed E-state index contributed by atoms with van der Waals surface area (Å²) in [5.41, 5.74) is 4.71. The Morgan fingerprint density at radius 2 is 1.18 bits per heavy atom. The van der Waals surface area contributed by atoms with Gasteiger partial charge in [-0.05, 0) is 70.8 Å². The highest BCUT2D eigenvalue weighted by Crippen LogP contribution is 2.29. The minimum Gasteiger partial charge on any atom is -0.421 e. The second-order valence-corrected chi connectivity index (χ2v) is 10.5. The van der Waals surface area contributed by atoms with Gasteiger partial charge in [-0.2, -0.15) is 0 Å². The highest BCUT2D eigenvalue weighted by atomic mass is 16.5. The lowest BCUT2D eigenvalue weighted by Crippen LogP contribution is -2.16. The lowest BCUT2D eigenvalue weighted by Gasteiger charge is -2.19. The molecule has 4 heteroatoms. The zero-order valence-electron chi connectivity index (χ0n) is 20.6. The van der Waals surface area contributed by atoms with Gasteiger partial charge in [-0.3, -0.25) is 4.79 Å². The van der Waals surface area contributed by atoms with Crippen LogP contribution in [0.25, 0.3) is 0 Å². The van der Waals surface area contributed by atoms with Crippen LogP contribution >= 0.6 is 0 Å². The second kappa shape index (κ2) is 9.22. The SMILES string of the molecule is Cc1ccc(OC(=O)c2ccc(C(C)(C)C)cc2)c(NC(=O)c2ccc(C(C)(C)C)cc2)c1. The highest BCUT2D eigenvalue weighted by molar-refractivity contribution is 6.05. The van der Waals surface area contributed by atoms with Gasteiger partial charge in [-0.25, -0.2) is 4.79 Å². The number of carbonyl (C=O) groups excluding carboxylic acids is 2. The molecule has 3 aromatic rings. The van der Waals surface area contributed by atoms with Crippen molar-refractivity contribution < 1.29 is 14.3 Å². The van der Waals surface area contributed by atoms with Crippen molar-refractivity contribution in [3.63, 3.8) is 0 Å². The zero-order valence-corrected chi connectivity index (χ0v) is 20.6. The summed E-state index contributed by atoms with van der Waals surface area (Å²) < 4.78 is 5.66. The van der Waals surface area contributed by atoms with Gasteiger partial charge >= 0.3 is 5.97 Å². The smallest absolute Gasteiger partial charge is 0.343 e. The summed E-state index contributed by atoms with van der Waals surface area (Å²) in [5.74, 6) is -0.414. The third-order valence-corrected chi connectivity index (χ3v) is 5.59. The Hall–Kier alpha value is -3.40. The van der Waals surface area contributed by atoms with E-state index >= 15 is 0 Å². The van der Waals surface area contributed by atoms with Crippen molar-refractivity contribution in [2.45, 2.75) is 59.3 Å². The van der Waals surface area contributed by atoms with Crippen molar-refractivity contribution in [1.82, 2.24) is 0 Å². The maximum absolute atomic E-state index is 12.9. The van der Waals surface area contributed by atoms with Gasteiger partial charge in [0.25, 0.3) is 5.91 Å². The highest BCUT2D eigenvalue weighted by Gasteiger charge is 2.18. The molecule has 0 atom stereocenters. The summed E-state index contributed by atoms with van der Waals surface area (Å²) in [5, 5.41) is 2.90. The largest absolute Gasteiger partial charge is 0.421 e. The van der Waals surface area contributed by atoms with Crippen LogP contribution < -0.4 is 10.1 Å². The Morgan fingerprint density at radius 3 is 1.67 bits per heavy atom. The summed E-state index contributed by atoms with van der Waals surface area (Å²) >= 11 is 0. The van der Waals surface area contributed by atoms with E-state index in [0.717, 1.165) is 16.7 Å². The number of esters is 1. The number of ether oxygens (including phenoxy) is 1. The number of amides is 1. The van der Waals surface area contributed by atoms with E-state index in [1.165, 1.54) is 0 Å². The van der Waals surface area contributed by atoms with E-state index in [4.69, 9.17) is 4.74 Å². The maximum atomic E-state index is 12.9. The number of carbonyl (C=O) groups is 2. The molecule has 0 radical (unpaired) electrons. The molecule has 4 nitrogen and oxygen atoms in total. The first-order valence-corrected chi connectivity index (χ1v) is 11.2. The molecular weight excluding hydrogens is 410 g/mol. The number of hydrogen-bond acceptors (Lipinski definition) is 3. The third-order valence-electron chi connectivity index (χ3n) is 5.59. The molecule has 33 heavy (non-hydrogen) atoms. The summed E-state index contributed by atoms with van der Waals surface area (Å²) in [6.07, 6.45) is 0. The van der Waals surface area contributed by atoms with Gasteiger partial charge in [0.1, 0.15) is 0 Å². The van der Waals surface area contributed by atoms with Gasteiger partial charge in [0.2, 0.25) is 0 Å². The molecule has 172 valence electrons. The van der Waals surface area contributed by atoms with Gasteiger partial charge in [0.15, 0.2) is 5.75 Å². The van der Waals surface area contributed by atoms with Crippen LogP contribution in [-0.2, 0) is 10.8 Å². The molecule has 0 heterocycles. The molecule has 0 aromatic heterocycles. The molecule has 3 rings (SSSR count). The summed E-state index contributed by atoms with van der Waals surface area (Å²) in [6, 6.07) is 20.3. The topological polar surface area (TPSA) is 55.4 Å². The molecule has 0 saturated carbocycles. The van der Waals surface area contributed by atoms with Crippen LogP contribution in [0.1, 0.15) is 78.9 Å². The van der Waals surface area contributed by atoms with E-state index in [2.05, 4.69) is 46.9 Å². The molecule has 1 amide bonds. The average molecular weight is 444 g/mol.